The van der Waals surface area contributed by atoms with E-state index in [1.165, 1.54) is 12.1 Å². The number of nitrogens with one attached hydrogen (secondary N) is 1. The molecular formula is C13H18N2O4. The summed E-state index contributed by atoms with van der Waals surface area (Å²) in [4.78, 5) is 21.8. The van der Waals surface area contributed by atoms with Crippen LogP contribution in [0.4, 0.5) is 5.69 Å². The van der Waals surface area contributed by atoms with Crippen LogP contribution in [0.3, 0.4) is 0 Å². The van der Waals surface area contributed by atoms with Gasteiger partial charge in [0.05, 0.1) is 10.5 Å². The number of aromatic hydroxyl groups is 1. The maximum Gasteiger partial charge on any atom is 0.311 e. The number of phenols is 1. The second-order valence-electron chi connectivity index (χ2n) is 4.86. The summed E-state index contributed by atoms with van der Waals surface area (Å²) in [5.41, 5.74) is -0.547. The molecule has 104 valence electrons. The Hall–Kier alpha value is -2.11. The fourth-order valence-corrected chi connectivity index (χ4v) is 1.45. The van der Waals surface area contributed by atoms with E-state index in [0.717, 1.165) is 6.07 Å². The smallest absolute Gasteiger partial charge is 0.311 e. The van der Waals surface area contributed by atoms with Gasteiger partial charge in [-0.25, -0.2) is 0 Å². The third-order valence-electron chi connectivity index (χ3n) is 3.18. The molecular weight excluding hydrogens is 248 g/mol. The third-order valence-corrected chi connectivity index (χ3v) is 3.18. The van der Waals surface area contributed by atoms with E-state index < -0.39 is 22.3 Å². The van der Waals surface area contributed by atoms with Crippen molar-refractivity contribution >= 4 is 11.6 Å². The fraction of sp³-hybridized carbons (Fsp3) is 0.462. The Kier molecular flexibility index (Phi) is 4.86. The first-order chi connectivity index (χ1) is 8.84. The van der Waals surface area contributed by atoms with Gasteiger partial charge in [-0.3, -0.25) is 14.9 Å². The Morgan fingerprint density at radius 1 is 1.42 bits per heavy atom. The average Bonchev–Trinajstić information content (AvgIpc) is 2.35. The van der Waals surface area contributed by atoms with Gasteiger partial charge in [0.15, 0.2) is 0 Å². The first-order valence-corrected chi connectivity index (χ1v) is 6.09. The zero-order chi connectivity index (χ0) is 14.6. The SMILES string of the molecule is CC(C)C(C)CNC(=O)c1cccc([N+](=O)[O-])c1O. The van der Waals surface area contributed by atoms with Gasteiger partial charge in [-0.1, -0.05) is 26.8 Å². The summed E-state index contributed by atoms with van der Waals surface area (Å²) < 4.78 is 0. The number of hydrogen-bond donors (Lipinski definition) is 2. The van der Waals surface area contributed by atoms with Crippen LogP contribution in [0.1, 0.15) is 31.1 Å². The van der Waals surface area contributed by atoms with Crippen molar-refractivity contribution in [3.05, 3.63) is 33.9 Å². The van der Waals surface area contributed by atoms with E-state index in [4.69, 9.17) is 0 Å². The van der Waals surface area contributed by atoms with Gasteiger partial charge in [0.1, 0.15) is 0 Å². The quantitative estimate of drug-likeness (QED) is 0.632. The van der Waals surface area contributed by atoms with Crippen LogP contribution in [0.25, 0.3) is 0 Å². The van der Waals surface area contributed by atoms with Crippen LogP contribution in [0.2, 0.25) is 0 Å². The molecule has 19 heavy (non-hydrogen) atoms. The molecule has 1 aromatic rings. The zero-order valence-electron chi connectivity index (χ0n) is 11.2. The van der Waals surface area contributed by atoms with Gasteiger partial charge in [0, 0.05) is 12.6 Å². The van der Waals surface area contributed by atoms with Crippen LogP contribution < -0.4 is 5.32 Å². The van der Waals surface area contributed by atoms with Gasteiger partial charge in [0.2, 0.25) is 5.75 Å². The Bertz CT molecular complexity index is 486. The Morgan fingerprint density at radius 2 is 2.05 bits per heavy atom. The van der Waals surface area contributed by atoms with E-state index in [1.807, 2.05) is 20.8 Å². The van der Waals surface area contributed by atoms with Crippen LogP contribution in [0.15, 0.2) is 18.2 Å². The normalized spacial score (nSPS) is 12.2. The molecule has 1 amide bonds. The van der Waals surface area contributed by atoms with Gasteiger partial charge in [0.25, 0.3) is 5.91 Å². The first-order valence-electron chi connectivity index (χ1n) is 6.09. The molecule has 6 heteroatoms. The van der Waals surface area contributed by atoms with E-state index in [-0.39, 0.29) is 11.5 Å². The largest absolute Gasteiger partial charge is 0.502 e. The fourth-order valence-electron chi connectivity index (χ4n) is 1.45. The number of carbonyl (C=O) groups excluding carboxylic acids is 1. The van der Waals surface area contributed by atoms with Gasteiger partial charge in [-0.15, -0.1) is 0 Å². The van der Waals surface area contributed by atoms with Gasteiger partial charge < -0.3 is 10.4 Å². The monoisotopic (exact) mass is 266 g/mol. The second-order valence-corrected chi connectivity index (χ2v) is 4.86. The third kappa shape index (κ3) is 3.67. The van der Waals surface area contributed by atoms with Gasteiger partial charge >= 0.3 is 5.69 Å². The van der Waals surface area contributed by atoms with E-state index in [2.05, 4.69) is 5.32 Å². The molecule has 1 aromatic carbocycles. The van der Waals surface area contributed by atoms with Crippen molar-refractivity contribution in [3.8, 4) is 5.75 Å². The average molecular weight is 266 g/mol. The highest BCUT2D eigenvalue weighted by molar-refractivity contribution is 5.98. The number of nitro groups is 1. The summed E-state index contributed by atoms with van der Waals surface area (Å²) in [5, 5.41) is 23.0. The lowest BCUT2D eigenvalue weighted by Gasteiger charge is -2.16. The number of nitro benzene ring substituents is 1. The van der Waals surface area contributed by atoms with Crippen molar-refractivity contribution in [2.24, 2.45) is 11.8 Å². The lowest BCUT2D eigenvalue weighted by molar-refractivity contribution is -0.385. The minimum atomic E-state index is -0.719. The predicted molar refractivity (Wildman–Crippen MR) is 71.1 cm³/mol. The molecule has 0 heterocycles. The number of phenolic OH excluding ortho intramolecular Hbond substituents is 1. The summed E-state index contributed by atoms with van der Waals surface area (Å²) in [6.45, 7) is 6.54. The van der Waals surface area contributed by atoms with Gasteiger partial charge in [-0.05, 0) is 17.9 Å². The first kappa shape index (κ1) is 14.9. The molecule has 0 aliphatic carbocycles. The van der Waals surface area contributed by atoms with Crippen molar-refractivity contribution in [1.82, 2.24) is 5.32 Å². The molecule has 0 fully saturated rings. The van der Waals surface area contributed by atoms with Crippen molar-refractivity contribution in [1.29, 1.82) is 0 Å². The lowest BCUT2D eigenvalue weighted by atomic mass is 9.98. The molecule has 6 nitrogen and oxygen atoms in total. The van der Waals surface area contributed by atoms with E-state index in [0.29, 0.717) is 12.5 Å². The molecule has 0 aliphatic rings. The van der Waals surface area contributed by atoms with Crippen LogP contribution in [-0.4, -0.2) is 22.5 Å². The number of hydrogen-bond acceptors (Lipinski definition) is 4. The number of benzene rings is 1. The highest BCUT2D eigenvalue weighted by Gasteiger charge is 2.21. The van der Waals surface area contributed by atoms with Crippen molar-refractivity contribution in [2.45, 2.75) is 20.8 Å². The Morgan fingerprint density at radius 3 is 2.58 bits per heavy atom. The summed E-state index contributed by atoms with van der Waals surface area (Å²) in [7, 11) is 0. The minimum absolute atomic E-state index is 0.0786. The predicted octanol–water partition coefficient (Wildman–Crippen LogP) is 2.32. The van der Waals surface area contributed by atoms with Crippen molar-refractivity contribution in [2.75, 3.05) is 6.54 Å². The molecule has 0 aromatic heterocycles. The number of para-hydroxylation sites is 1. The van der Waals surface area contributed by atoms with Crippen molar-refractivity contribution in [3.63, 3.8) is 0 Å². The standard InChI is InChI=1S/C13H18N2O4/c1-8(2)9(3)7-14-13(17)10-5-4-6-11(12(10)16)15(18)19/h4-6,8-9,16H,7H2,1-3H3,(H,14,17). The van der Waals surface area contributed by atoms with Crippen LogP contribution in [-0.2, 0) is 0 Å². The van der Waals surface area contributed by atoms with Crippen LogP contribution in [0, 0.1) is 22.0 Å². The molecule has 0 bridgehead atoms. The molecule has 1 unspecified atom stereocenters. The zero-order valence-corrected chi connectivity index (χ0v) is 11.2. The topological polar surface area (TPSA) is 92.5 Å². The Labute approximate surface area is 111 Å². The molecule has 0 saturated heterocycles. The van der Waals surface area contributed by atoms with E-state index in [9.17, 15) is 20.0 Å². The number of rotatable bonds is 5. The lowest BCUT2D eigenvalue weighted by Crippen LogP contribution is -2.30. The summed E-state index contributed by atoms with van der Waals surface area (Å²) in [6.07, 6.45) is 0. The maximum atomic E-state index is 11.9. The summed E-state index contributed by atoms with van der Waals surface area (Å²) >= 11 is 0. The maximum absolute atomic E-state index is 11.9. The molecule has 0 spiro atoms. The van der Waals surface area contributed by atoms with Crippen LogP contribution in [0.5, 0.6) is 5.75 Å². The second kappa shape index (κ2) is 6.17. The summed E-state index contributed by atoms with van der Waals surface area (Å²) in [6, 6.07) is 3.89. The van der Waals surface area contributed by atoms with Crippen LogP contribution >= 0.6 is 0 Å². The Balaban J connectivity index is 2.83. The minimum Gasteiger partial charge on any atom is -0.502 e. The molecule has 1 rings (SSSR count). The summed E-state index contributed by atoms with van der Waals surface area (Å²) in [5.74, 6) is -0.403. The van der Waals surface area contributed by atoms with Crippen molar-refractivity contribution < 1.29 is 14.8 Å². The highest BCUT2D eigenvalue weighted by Crippen LogP contribution is 2.29. The van der Waals surface area contributed by atoms with Gasteiger partial charge in [-0.2, -0.15) is 0 Å². The van der Waals surface area contributed by atoms with E-state index in [1.54, 1.807) is 0 Å². The van der Waals surface area contributed by atoms with E-state index >= 15 is 0 Å². The molecule has 1 atom stereocenters. The molecule has 0 saturated carbocycles. The molecule has 0 radical (unpaired) electrons. The number of carbonyl (C=O) groups is 1. The number of amides is 1. The molecule has 0 aliphatic heterocycles. The highest BCUT2D eigenvalue weighted by atomic mass is 16.6. The number of nitrogens with zero attached hydrogens (tertiary/aromatic N) is 1. The molecule has 2 N–H and O–H groups in total.